The van der Waals surface area contributed by atoms with E-state index in [1.54, 1.807) is 12.1 Å². The van der Waals surface area contributed by atoms with Crippen molar-refractivity contribution in [3.63, 3.8) is 0 Å². The highest BCUT2D eigenvalue weighted by Crippen LogP contribution is 2.25. The Morgan fingerprint density at radius 1 is 1.47 bits per heavy atom. The van der Waals surface area contributed by atoms with Gasteiger partial charge in [0, 0.05) is 23.2 Å². The van der Waals surface area contributed by atoms with Crippen molar-refractivity contribution in [2.24, 2.45) is 0 Å². The molecule has 5 heteroatoms. The molecule has 1 aromatic carbocycles. The highest BCUT2D eigenvalue weighted by molar-refractivity contribution is 6.31. The molecular weight excluding hydrogens is 245 g/mol. The molecule has 0 saturated heterocycles. The van der Waals surface area contributed by atoms with Crippen molar-refractivity contribution in [2.45, 2.75) is 13.0 Å². The molecule has 1 rings (SSSR count). The summed E-state index contributed by atoms with van der Waals surface area (Å²) in [5, 5.41) is 12.0. The van der Waals surface area contributed by atoms with E-state index in [2.05, 4.69) is 5.32 Å². The molecule has 0 amide bonds. The number of hydrogen-bond acceptors (Lipinski definition) is 3. The molecule has 3 nitrogen and oxygen atoms in total. The van der Waals surface area contributed by atoms with Crippen molar-refractivity contribution in [3.8, 4) is 0 Å². The summed E-state index contributed by atoms with van der Waals surface area (Å²) in [6.45, 7) is 3.21. The van der Waals surface area contributed by atoms with Crippen LogP contribution in [-0.2, 0) is 4.74 Å². The zero-order valence-electron chi connectivity index (χ0n) is 9.75. The molecule has 17 heavy (non-hydrogen) atoms. The molecule has 96 valence electrons. The molecule has 2 N–H and O–H groups in total. The van der Waals surface area contributed by atoms with E-state index in [1.165, 1.54) is 6.07 Å². The fourth-order valence-electron chi connectivity index (χ4n) is 1.54. The summed E-state index contributed by atoms with van der Waals surface area (Å²) in [6.07, 6.45) is 0. The van der Waals surface area contributed by atoms with Gasteiger partial charge >= 0.3 is 0 Å². The molecule has 0 spiro atoms. The molecule has 1 atom stereocenters. The number of hydrogen-bond donors (Lipinski definition) is 2. The Hall–Kier alpha value is -0.680. The topological polar surface area (TPSA) is 41.5 Å². The Balaban J connectivity index is 2.44. The predicted molar refractivity (Wildman–Crippen MR) is 65.7 cm³/mol. The molecule has 0 fully saturated rings. The minimum Gasteiger partial charge on any atom is -0.394 e. The zero-order valence-corrected chi connectivity index (χ0v) is 10.5. The van der Waals surface area contributed by atoms with Gasteiger partial charge in [-0.3, -0.25) is 0 Å². The smallest absolute Gasteiger partial charge is 0.129 e. The molecule has 0 aliphatic rings. The molecular formula is C12H17ClFNO2. The van der Waals surface area contributed by atoms with Crippen LogP contribution in [0.1, 0.15) is 18.5 Å². The molecule has 0 bridgehead atoms. The molecule has 0 aliphatic heterocycles. The van der Waals surface area contributed by atoms with Gasteiger partial charge in [0.25, 0.3) is 0 Å². The van der Waals surface area contributed by atoms with E-state index in [4.69, 9.17) is 21.4 Å². The third kappa shape index (κ3) is 4.60. The lowest BCUT2D eigenvalue weighted by Gasteiger charge is -2.16. The molecule has 0 saturated carbocycles. The SMILES string of the molecule is CC(NCCOCCO)c1c(F)cccc1Cl. The standard InChI is InChI=1S/C12H17ClFNO2/c1-9(15-5-7-17-8-6-16)12-10(13)3-2-4-11(12)14/h2-4,9,15-16H,5-8H2,1H3. The summed E-state index contributed by atoms with van der Waals surface area (Å²) in [5.41, 5.74) is 0.469. The first-order valence-corrected chi connectivity index (χ1v) is 5.90. The van der Waals surface area contributed by atoms with Crippen LogP contribution in [0.4, 0.5) is 4.39 Å². The first-order chi connectivity index (χ1) is 8.16. The molecule has 0 aromatic heterocycles. The average Bonchev–Trinajstić information content (AvgIpc) is 2.28. The second kappa shape index (κ2) is 7.61. The number of aliphatic hydroxyl groups is 1. The van der Waals surface area contributed by atoms with Crippen molar-refractivity contribution in [3.05, 3.63) is 34.6 Å². The van der Waals surface area contributed by atoms with E-state index in [1.807, 2.05) is 6.92 Å². The van der Waals surface area contributed by atoms with E-state index in [0.717, 1.165) is 0 Å². The average molecular weight is 262 g/mol. The quantitative estimate of drug-likeness (QED) is 0.739. The Bertz CT molecular complexity index is 329. The Kier molecular flexibility index (Phi) is 6.44. The fraction of sp³-hybridized carbons (Fsp3) is 0.500. The van der Waals surface area contributed by atoms with Gasteiger partial charge in [-0.1, -0.05) is 17.7 Å². The van der Waals surface area contributed by atoms with Crippen LogP contribution in [0.2, 0.25) is 5.02 Å². The maximum atomic E-state index is 13.5. The molecule has 1 unspecified atom stereocenters. The van der Waals surface area contributed by atoms with Crippen LogP contribution in [0.25, 0.3) is 0 Å². The summed E-state index contributed by atoms with van der Waals surface area (Å²) in [7, 11) is 0. The van der Waals surface area contributed by atoms with Gasteiger partial charge in [0.05, 0.1) is 19.8 Å². The lowest BCUT2D eigenvalue weighted by atomic mass is 10.1. The number of benzene rings is 1. The third-order valence-electron chi connectivity index (χ3n) is 2.37. The maximum Gasteiger partial charge on any atom is 0.129 e. The lowest BCUT2D eigenvalue weighted by Crippen LogP contribution is -2.24. The lowest BCUT2D eigenvalue weighted by molar-refractivity contribution is 0.0928. The monoisotopic (exact) mass is 261 g/mol. The molecule has 0 radical (unpaired) electrons. The normalized spacial score (nSPS) is 12.7. The van der Waals surface area contributed by atoms with E-state index in [9.17, 15) is 4.39 Å². The Labute approximate surface area is 106 Å². The van der Waals surface area contributed by atoms with Gasteiger partial charge in [0.15, 0.2) is 0 Å². The summed E-state index contributed by atoms with van der Waals surface area (Å²) in [5.74, 6) is -0.311. The van der Waals surface area contributed by atoms with Crippen LogP contribution in [0, 0.1) is 5.82 Å². The summed E-state index contributed by atoms with van der Waals surface area (Å²) in [4.78, 5) is 0. The van der Waals surface area contributed by atoms with Gasteiger partial charge < -0.3 is 15.2 Å². The number of rotatable bonds is 7. The summed E-state index contributed by atoms with van der Waals surface area (Å²) >= 11 is 5.94. The number of halogens is 2. The van der Waals surface area contributed by atoms with Crippen LogP contribution in [0.3, 0.4) is 0 Å². The second-order valence-electron chi connectivity index (χ2n) is 3.65. The Morgan fingerprint density at radius 3 is 2.88 bits per heavy atom. The van der Waals surface area contributed by atoms with Crippen LogP contribution < -0.4 is 5.32 Å². The van der Waals surface area contributed by atoms with Crippen molar-refractivity contribution < 1.29 is 14.2 Å². The van der Waals surface area contributed by atoms with E-state index in [0.29, 0.717) is 30.3 Å². The first kappa shape index (κ1) is 14.4. The highest BCUT2D eigenvalue weighted by atomic mass is 35.5. The molecule has 0 aliphatic carbocycles. The van der Waals surface area contributed by atoms with Crippen LogP contribution >= 0.6 is 11.6 Å². The van der Waals surface area contributed by atoms with Crippen molar-refractivity contribution >= 4 is 11.6 Å². The fourth-order valence-corrected chi connectivity index (χ4v) is 1.87. The summed E-state index contributed by atoms with van der Waals surface area (Å²) < 4.78 is 18.6. The van der Waals surface area contributed by atoms with Crippen molar-refractivity contribution in [1.29, 1.82) is 0 Å². The Morgan fingerprint density at radius 2 is 2.24 bits per heavy atom. The largest absolute Gasteiger partial charge is 0.394 e. The van der Waals surface area contributed by atoms with Gasteiger partial charge in [-0.2, -0.15) is 0 Å². The van der Waals surface area contributed by atoms with E-state index < -0.39 is 0 Å². The van der Waals surface area contributed by atoms with Crippen molar-refractivity contribution in [2.75, 3.05) is 26.4 Å². The maximum absolute atomic E-state index is 13.5. The molecule has 1 aromatic rings. The number of nitrogens with one attached hydrogen (secondary N) is 1. The van der Waals surface area contributed by atoms with Crippen LogP contribution in [0.15, 0.2) is 18.2 Å². The zero-order chi connectivity index (χ0) is 12.7. The molecule has 0 heterocycles. The third-order valence-corrected chi connectivity index (χ3v) is 2.69. The number of aliphatic hydroxyl groups excluding tert-OH is 1. The van der Waals surface area contributed by atoms with Crippen LogP contribution in [0.5, 0.6) is 0 Å². The first-order valence-electron chi connectivity index (χ1n) is 5.52. The highest BCUT2D eigenvalue weighted by Gasteiger charge is 2.13. The van der Waals surface area contributed by atoms with Crippen molar-refractivity contribution in [1.82, 2.24) is 5.32 Å². The second-order valence-corrected chi connectivity index (χ2v) is 4.05. The minimum absolute atomic E-state index is 0.00863. The van der Waals surface area contributed by atoms with Crippen LogP contribution in [-0.4, -0.2) is 31.5 Å². The predicted octanol–water partition coefficient (Wildman–Crippen LogP) is 2.14. The van der Waals surface area contributed by atoms with Gasteiger partial charge in [0.2, 0.25) is 0 Å². The van der Waals surface area contributed by atoms with E-state index >= 15 is 0 Å². The minimum atomic E-state index is -0.311. The van der Waals surface area contributed by atoms with Gasteiger partial charge in [-0.05, 0) is 19.1 Å². The summed E-state index contributed by atoms with van der Waals surface area (Å²) in [6, 6.07) is 4.46. The number of ether oxygens (including phenoxy) is 1. The van der Waals surface area contributed by atoms with E-state index in [-0.39, 0.29) is 18.5 Å². The van der Waals surface area contributed by atoms with Gasteiger partial charge in [-0.15, -0.1) is 0 Å². The van der Waals surface area contributed by atoms with Gasteiger partial charge in [-0.25, -0.2) is 4.39 Å². The van der Waals surface area contributed by atoms with Gasteiger partial charge in [0.1, 0.15) is 5.82 Å².